The van der Waals surface area contributed by atoms with Gasteiger partial charge in [0.05, 0.1) is 0 Å². The number of unbranched alkanes of at least 4 members (excludes halogenated alkanes) is 4. The van der Waals surface area contributed by atoms with Gasteiger partial charge in [0.25, 0.3) is 0 Å². The SMILES string of the molecule is CC(=O)OC/C=C/CCCCCCc1cccc(O)c1. The molecule has 0 saturated carbocycles. The van der Waals surface area contributed by atoms with Gasteiger partial charge in [0.1, 0.15) is 12.4 Å². The van der Waals surface area contributed by atoms with Crippen LogP contribution in [0.15, 0.2) is 36.4 Å². The second-order valence-electron chi connectivity index (χ2n) is 4.90. The third-order valence-electron chi connectivity index (χ3n) is 3.05. The predicted molar refractivity (Wildman–Crippen MR) is 80.7 cm³/mol. The topological polar surface area (TPSA) is 46.5 Å². The lowest BCUT2D eigenvalue weighted by atomic mass is 10.1. The summed E-state index contributed by atoms with van der Waals surface area (Å²) in [5.74, 6) is 0.113. The number of aryl methyl sites for hydroxylation is 1. The molecular formula is C17H24O3. The Kier molecular flexibility index (Phi) is 8.20. The summed E-state index contributed by atoms with van der Waals surface area (Å²) in [4.78, 5) is 10.5. The Balaban J connectivity index is 1.96. The van der Waals surface area contributed by atoms with E-state index in [2.05, 4.69) is 12.1 Å². The minimum Gasteiger partial charge on any atom is -0.508 e. The van der Waals surface area contributed by atoms with Crippen LogP contribution in [0, 0.1) is 0 Å². The number of hydrogen-bond donors (Lipinski definition) is 1. The summed E-state index contributed by atoms with van der Waals surface area (Å²) in [5, 5.41) is 9.35. The molecule has 0 bridgehead atoms. The van der Waals surface area contributed by atoms with Crippen molar-refractivity contribution < 1.29 is 14.6 Å². The molecule has 3 heteroatoms. The molecule has 0 spiro atoms. The second-order valence-corrected chi connectivity index (χ2v) is 4.90. The Morgan fingerprint density at radius 2 is 2.00 bits per heavy atom. The molecule has 1 rings (SSSR count). The average Bonchev–Trinajstić information content (AvgIpc) is 2.40. The van der Waals surface area contributed by atoms with Crippen LogP contribution in [0.25, 0.3) is 0 Å². The molecule has 0 aliphatic heterocycles. The summed E-state index contributed by atoms with van der Waals surface area (Å²) in [6, 6.07) is 7.47. The molecule has 0 aliphatic carbocycles. The number of aromatic hydroxyl groups is 1. The molecule has 0 atom stereocenters. The number of carbonyl (C=O) groups is 1. The predicted octanol–water partition coefficient (Wildman–Crippen LogP) is 4.00. The third-order valence-corrected chi connectivity index (χ3v) is 3.05. The van der Waals surface area contributed by atoms with Crippen molar-refractivity contribution in [2.45, 2.75) is 45.4 Å². The van der Waals surface area contributed by atoms with E-state index in [1.807, 2.05) is 18.2 Å². The summed E-state index contributed by atoms with van der Waals surface area (Å²) in [7, 11) is 0. The number of esters is 1. The van der Waals surface area contributed by atoms with E-state index in [4.69, 9.17) is 4.74 Å². The number of hydrogen-bond acceptors (Lipinski definition) is 3. The van der Waals surface area contributed by atoms with Crippen LogP contribution in [-0.2, 0) is 16.0 Å². The fourth-order valence-electron chi connectivity index (χ4n) is 2.01. The van der Waals surface area contributed by atoms with E-state index < -0.39 is 0 Å². The van der Waals surface area contributed by atoms with Crippen LogP contribution in [0.1, 0.15) is 44.6 Å². The van der Waals surface area contributed by atoms with Crippen molar-refractivity contribution in [1.29, 1.82) is 0 Å². The Bertz CT molecular complexity index is 424. The lowest BCUT2D eigenvalue weighted by Crippen LogP contribution is -1.97. The number of phenolic OH excluding ortho intramolecular Hbond substituents is 1. The molecule has 0 unspecified atom stereocenters. The van der Waals surface area contributed by atoms with Crippen LogP contribution in [-0.4, -0.2) is 17.7 Å². The monoisotopic (exact) mass is 276 g/mol. The highest BCUT2D eigenvalue weighted by molar-refractivity contribution is 5.65. The lowest BCUT2D eigenvalue weighted by Gasteiger charge is -2.02. The lowest BCUT2D eigenvalue weighted by molar-refractivity contribution is -0.139. The molecule has 1 aromatic carbocycles. The van der Waals surface area contributed by atoms with Crippen LogP contribution in [0.4, 0.5) is 0 Å². The molecule has 0 aliphatic rings. The molecule has 20 heavy (non-hydrogen) atoms. The quantitative estimate of drug-likeness (QED) is 0.421. The van der Waals surface area contributed by atoms with Crippen molar-refractivity contribution in [2.75, 3.05) is 6.61 Å². The first-order valence-corrected chi connectivity index (χ1v) is 7.25. The van der Waals surface area contributed by atoms with Crippen molar-refractivity contribution in [3.63, 3.8) is 0 Å². The highest BCUT2D eigenvalue weighted by Gasteiger charge is 1.95. The third kappa shape index (κ3) is 8.35. The van der Waals surface area contributed by atoms with E-state index in [-0.39, 0.29) is 5.97 Å². The largest absolute Gasteiger partial charge is 0.508 e. The average molecular weight is 276 g/mol. The minimum absolute atomic E-state index is 0.235. The van der Waals surface area contributed by atoms with E-state index in [9.17, 15) is 9.90 Å². The zero-order chi connectivity index (χ0) is 14.6. The molecule has 0 heterocycles. The van der Waals surface area contributed by atoms with Gasteiger partial charge in [-0.25, -0.2) is 0 Å². The van der Waals surface area contributed by atoms with Gasteiger partial charge < -0.3 is 9.84 Å². The van der Waals surface area contributed by atoms with Gasteiger partial charge in [-0.05, 0) is 43.4 Å². The molecule has 110 valence electrons. The number of phenols is 1. The maximum absolute atomic E-state index is 10.5. The van der Waals surface area contributed by atoms with Gasteiger partial charge in [0.15, 0.2) is 0 Å². The van der Waals surface area contributed by atoms with Crippen molar-refractivity contribution in [2.24, 2.45) is 0 Å². The van der Waals surface area contributed by atoms with Gasteiger partial charge in [0, 0.05) is 6.92 Å². The van der Waals surface area contributed by atoms with Crippen molar-refractivity contribution in [3.8, 4) is 5.75 Å². The molecule has 0 amide bonds. The molecule has 3 nitrogen and oxygen atoms in total. The number of allylic oxidation sites excluding steroid dienone is 1. The van der Waals surface area contributed by atoms with Crippen LogP contribution in [0.5, 0.6) is 5.75 Å². The first kappa shape index (κ1) is 16.3. The molecule has 0 fully saturated rings. The smallest absolute Gasteiger partial charge is 0.302 e. The van der Waals surface area contributed by atoms with Gasteiger partial charge in [-0.3, -0.25) is 4.79 Å². The maximum atomic E-state index is 10.5. The zero-order valence-electron chi connectivity index (χ0n) is 12.2. The minimum atomic E-state index is -0.235. The van der Waals surface area contributed by atoms with Crippen LogP contribution in [0.3, 0.4) is 0 Å². The summed E-state index contributed by atoms with van der Waals surface area (Å²) in [5.41, 5.74) is 1.20. The molecule has 1 aromatic rings. The number of ether oxygens (including phenoxy) is 1. The standard InChI is InChI=1S/C17H24O3/c1-15(18)20-13-8-6-4-2-3-5-7-10-16-11-9-12-17(19)14-16/h6,8-9,11-12,14,19H,2-5,7,10,13H2,1H3/b8-6+. The fraction of sp³-hybridized carbons (Fsp3) is 0.471. The van der Waals surface area contributed by atoms with E-state index in [0.717, 1.165) is 25.7 Å². The Morgan fingerprint density at radius 3 is 2.75 bits per heavy atom. The number of rotatable bonds is 9. The molecule has 0 radical (unpaired) electrons. The van der Waals surface area contributed by atoms with Crippen LogP contribution in [0.2, 0.25) is 0 Å². The number of benzene rings is 1. The van der Waals surface area contributed by atoms with Crippen LogP contribution < -0.4 is 0 Å². The summed E-state index contributed by atoms with van der Waals surface area (Å²) < 4.78 is 4.80. The Labute approximate surface area is 121 Å². The van der Waals surface area contributed by atoms with E-state index >= 15 is 0 Å². The van der Waals surface area contributed by atoms with Gasteiger partial charge in [-0.2, -0.15) is 0 Å². The fourth-order valence-corrected chi connectivity index (χ4v) is 2.01. The van der Waals surface area contributed by atoms with E-state index in [1.165, 1.54) is 25.3 Å². The van der Waals surface area contributed by atoms with Crippen molar-refractivity contribution >= 4 is 5.97 Å². The molecule has 0 saturated heterocycles. The van der Waals surface area contributed by atoms with Gasteiger partial charge >= 0.3 is 5.97 Å². The van der Waals surface area contributed by atoms with E-state index in [0.29, 0.717) is 12.4 Å². The highest BCUT2D eigenvalue weighted by Crippen LogP contribution is 2.14. The maximum Gasteiger partial charge on any atom is 0.302 e. The van der Waals surface area contributed by atoms with E-state index in [1.54, 1.807) is 6.07 Å². The normalized spacial score (nSPS) is 10.8. The summed E-state index contributed by atoms with van der Waals surface area (Å²) >= 11 is 0. The van der Waals surface area contributed by atoms with Crippen molar-refractivity contribution in [1.82, 2.24) is 0 Å². The Morgan fingerprint density at radius 1 is 1.20 bits per heavy atom. The summed E-state index contributed by atoms with van der Waals surface area (Å²) in [6.07, 6.45) is 10.7. The molecule has 0 aromatic heterocycles. The zero-order valence-corrected chi connectivity index (χ0v) is 12.2. The van der Waals surface area contributed by atoms with Gasteiger partial charge in [0.2, 0.25) is 0 Å². The summed E-state index contributed by atoms with van der Waals surface area (Å²) in [6.45, 7) is 1.80. The van der Waals surface area contributed by atoms with Gasteiger partial charge in [-0.15, -0.1) is 0 Å². The molecular weight excluding hydrogens is 252 g/mol. The van der Waals surface area contributed by atoms with Crippen LogP contribution >= 0.6 is 0 Å². The second kappa shape index (κ2) is 10.1. The molecule has 1 N–H and O–H groups in total. The number of carbonyl (C=O) groups excluding carboxylic acids is 1. The first-order chi connectivity index (χ1) is 9.68. The Hall–Kier alpha value is -1.77. The van der Waals surface area contributed by atoms with Crippen molar-refractivity contribution in [3.05, 3.63) is 42.0 Å². The first-order valence-electron chi connectivity index (χ1n) is 7.25. The highest BCUT2D eigenvalue weighted by atomic mass is 16.5. The van der Waals surface area contributed by atoms with Gasteiger partial charge in [-0.1, -0.05) is 37.1 Å².